The first kappa shape index (κ1) is 14.6. The predicted molar refractivity (Wildman–Crippen MR) is 77.1 cm³/mol. The summed E-state index contributed by atoms with van der Waals surface area (Å²) in [4.78, 5) is 13.4. The van der Waals surface area contributed by atoms with Crippen molar-refractivity contribution in [3.05, 3.63) is 22.7 Å². The topological polar surface area (TPSA) is 72.3 Å². The molecule has 1 rings (SSSR count). The molecule has 18 heavy (non-hydrogen) atoms. The number of hydrogen-bond donors (Lipinski definition) is 2. The van der Waals surface area contributed by atoms with Gasteiger partial charge in [0, 0.05) is 19.3 Å². The number of benzene rings is 1. The molecule has 0 saturated carbocycles. The summed E-state index contributed by atoms with van der Waals surface area (Å²) in [7, 11) is 1.90. The number of primary amides is 1. The van der Waals surface area contributed by atoms with Crippen LogP contribution in [0.25, 0.3) is 0 Å². The third-order valence-corrected chi connectivity index (χ3v) is 3.30. The normalized spacial score (nSPS) is 12.2. The van der Waals surface area contributed by atoms with Crippen molar-refractivity contribution in [3.63, 3.8) is 0 Å². The summed E-state index contributed by atoms with van der Waals surface area (Å²) in [5.41, 5.74) is 12.5. The molecule has 0 aromatic heterocycles. The summed E-state index contributed by atoms with van der Waals surface area (Å²) in [6.45, 7) is 5.07. The standard InChI is InChI=1S/C13H20ClN3O/c1-4-8(2)7-17(3)12-10(13(16)18)5-9(15)6-11(12)14/h5-6,8H,4,7,15H2,1-3H3,(H2,16,18). The average Bonchev–Trinajstić information content (AvgIpc) is 2.27. The van der Waals surface area contributed by atoms with Gasteiger partial charge in [0.2, 0.25) is 0 Å². The van der Waals surface area contributed by atoms with Gasteiger partial charge in [0.15, 0.2) is 0 Å². The first-order chi connectivity index (χ1) is 8.36. The van der Waals surface area contributed by atoms with Crippen LogP contribution in [0.2, 0.25) is 5.02 Å². The van der Waals surface area contributed by atoms with Gasteiger partial charge < -0.3 is 16.4 Å². The van der Waals surface area contributed by atoms with Crippen molar-refractivity contribution in [3.8, 4) is 0 Å². The van der Waals surface area contributed by atoms with Gasteiger partial charge in [-0.15, -0.1) is 0 Å². The minimum Gasteiger partial charge on any atom is -0.399 e. The quantitative estimate of drug-likeness (QED) is 0.807. The van der Waals surface area contributed by atoms with Gasteiger partial charge in [0.25, 0.3) is 5.91 Å². The Labute approximate surface area is 113 Å². The van der Waals surface area contributed by atoms with Crippen LogP contribution in [0, 0.1) is 5.92 Å². The molecule has 4 nitrogen and oxygen atoms in total. The van der Waals surface area contributed by atoms with E-state index in [-0.39, 0.29) is 0 Å². The molecule has 1 atom stereocenters. The predicted octanol–water partition coefficient (Wildman–Crippen LogP) is 2.50. The molecule has 1 aromatic rings. The molecule has 1 aromatic carbocycles. The van der Waals surface area contributed by atoms with Crippen molar-refractivity contribution in [2.24, 2.45) is 11.7 Å². The summed E-state index contributed by atoms with van der Waals surface area (Å²) < 4.78 is 0. The van der Waals surface area contributed by atoms with Crippen molar-refractivity contribution in [2.75, 3.05) is 24.2 Å². The first-order valence-corrected chi connectivity index (χ1v) is 6.34. The highest BCUT2D eigenvalue weighted by Crippen LogP contribution is 2.32. The number of carbonyl (C=O) groups excluding carboxylic acids is 1. The van der Waals surface area contributed by atoms with Crippen LogP contribution < -0.4 is 16.4 Å². The highest BCUT2D eigenvalue weighted by Gasteiger charge is 2.18. The van der Waals surface area contributed by atoms with Gasteiger partial charge in [-0.1, -0.05) is 31.9 Å². The maximum absolute atomic E-state index is 11.5. The van der Waals surface area contributed by atoms with Gasteiger partial charge in [-0.3, -0.25) is 4.79 Å². The zero-order valence-electron chi connectivity index (χ0n) is 11.0. The van der Waals surface area contributed by atoms with Crippen LogP contribution in [0.4, 0.5) is 11.4 Å². The number of rotatable bonds is 5. The van der Waals surface area contributed by atoms with Gasteiger partial charge in [-0.05, 0) is 18.1 Å². The van der Waals surface area contributed by atoms with E-state index in [1.807, 2.05) is 11.9 Å². The van der Waals surface area contributed by atoms with E-state index in [2.05, 4.69) is 13.8 Å². The number of amides is 1. The third kappa shape index (κ3) is 3.29. The zero-order valence-corrected chi connectivity index (χ0v) is 11.8. The van der Waals surface area contributed by atoms with Crippen LogP contribution in [0.15, 0.2) is 12.1 Å². The lowest BCUT2D eigenvalue weighted by atomic mass is 10.1. The largest absolute Gasteiger partial charge is 0.399 e. The van der Waals surface area contributed by atoms with E-state index < -0.39 is 5.91 Å². The Morgan fingerprint density at radius 2 is 2.11 bits per heavy atom. The second-order valence-corrected chi connectivity index (χ2v) is 5.06. The SMILES string of the molecule is CCC(C)CN(C)c1c(Cl)cc(N)cc1C(N)=O. The number of anilines is 2. The fourth-order valence-electron chi connectivity index (χ4n) is 1.88. The van der Waals surface area contributed by atoms with E-state index in [0.29, 0.717) is 27.9 Å². The van der Waals surface area contributed by atoms with E-state index in [0.717, 1.165) is 13.0 Å². The Morgan fingerprint density at radius 3 is 2.61 bits per heavy atom. The van der Waals surface area contributed by atoms with Crippen molar-refractivity contribution in [1.82, 2.24) is 0 Å². The highest BCUT2D eigenvalue weighted by atomic mass is 35.5. The lowest BCUT2D eigenvalue weighted by molar-refractivity contribution is 0.100. The molecule has 0 radical (unpaired) electrons. The maximum Gasteiger partial charge on any atom is 0.250 e. The summed E-state index contributed by atoms with van der Waals surface area (Å²) in [5.74, 6) is -0.0143. The Balaban J connectivity index is 3.17. The van der Waals surface area contributed by atoms with Crippen molar-refractivity contribution >= 4 is 28.9 Å². The van der Waals surface area contributed by atoms with E-state index in [4.69, 9.17) is 23.1 Å². The molecule has 0 aliphatic heterocycles. The Kier molecular flexibility index (Phi) is 4.84. The summed E-state index contributed by atoms with van der Waals surface area (Å²) >= 11 is 6.17. The minimum atomic E-state index is -0.518. The molecule has 0 saturated heterocycles. The Bertz CT molecular complexity index is 448. The van der Waals surface area contributed by atoms with Crippen LogP contribution >= 0.6 is 11.6 Å². The third-order valence-electron chi connectivity index (χ3n) is 3.02. The fourth-order valence-corrected chi connectivity index (χ4v) is 2.26. The molecule has 0 fully saturated rings. The van der Waals surface area contributed by atoms with E-state index in [1.54, 1.807) is 12.1 Å². The molecule has 0 aliphatic rings. The number of nitrogens with two attached hydrogens (primary N) is 2. The van der Waals surface area contributed by atoms with Crippen molar-refractivity contribution in [2.45, 2.75) is 20.3 Å². The molecule has 1 amide bonds. The lowest BCUT2D eigenvalue weighted by Crippen LogP contribution is -2.27. The second kappa shape index (κ2) is 5.96. The molecule has 0 spiro atoms. The molecule has 4 N–H and O–H groups in total. The smallest absolute Gasteiger partial charge is 0.250 e. The van der Waals surface area contributed by atoms with Crippen molar-refractivity contribution in [1.29, 1.82) is 0 Å². The van der Waals surface area contributed by atoms with Crippen LogP contribution in [0.3, 0.4) is 0 Å². The van der Waals surface area contributed by atoms with Crippen LogP contribution in [0.5, 0.6) is 0 Å². The van der Waals surface area contributed by atoms with Crippen LogP contribution in [-0.4, -0.2) is 19.5 Å². The number of nitrogens with zero attached hydrogens (tertiary/aromatic N) is 1. The summed E-state index contributed by atoms with van der Waals surface area (Å²) in [6, 6.07) is 3.20. The molecule has 0 bridgehead atoms. The van der Waals surface area contributed by atoms with Crippen LogP contribution in [0.1, 0.15) is 30.6 Å². The van der Waals surface area contributed by atoms with E-state index in [1.165, 1.54) is 0 Å². The fraction of sp³-hybridized carbons (Fsp3) is 0.462. The number of carbonyl (C=O) groups is 1. The molecular formula is C13H20ClN3O. The minimum absolute atomic E-state index is 0.366. The van der Waals surface area contributed by atoms with E-state index >= 15 is 0 Å². The van der Waals surface area contributed by atoms with E-state index in [9.17, 15) is 4.79 Å². The molecule has 0 heterocycles. The Morgan fingerprint density at radius 1 is 1.50 bits per heavy atom. The van der Waals surface area contributed by atoms with Gasteiger partial charge in [-0.25, -0.2) is 0 Å². The number of hydrogen-bond acceptors (Lipinski definition) is 3. The number of nitrogen functional groups attached to an aromatic ring is 1. The molecule has 1 unspecified atom stereocenters. The molecule has 5 heteroatoms. The van der Waals surface area contributed by atoms with Gasteiger partial charge in [-0.2, -0.15) is 0 Å². The second-order valence-electron chi connectivity index (χ2n) is 4.66. The van der Waals surface area contributed by atoms with Crippen molar-refractivity contribution < 1.29 is 4.79 Å². The number of halogens is 1. The van der Waals surface area contributed by atoms with Crippen LogP contribution in [-0.2, 0) is 0 Å². The van der Waals surface area contributed by atoms with Gasteiger partial charge in [0.05, 0.1) is 16.3 Å². The summed E-state index contributed by atoms with van der Waals surface area (Å²) in [5, 5.41) is 0.453. The average molecular weight is 270 g/mol. The molecule has 100 valence electrons. The van der Waals surface area contributed by atoms with Gasteiger partial charge in [0.1, 0.15) is 0 Å². The zero-order chi connectivity index (χ0) is 13.9. The summed E-state index contributed by atoms with van der Waals surface area (Å²) in [6.07, 6.45) is 1.06. The van der Waals surface area contributed by atoms with Gasteiger partial charge >= 0.3 is 0 Å². The molecule has 0 aliphatic carbocycles. The molecular weight excluding hydrogens is 250 g/mol. The maximum atomic E-state index is 11.5. The monoisotopic (exact) mass is 269 g/mol. The first-order valence-electron chi connectivity index (χ1n) is 5.96. The Hall–Kier alpha value is -1.42. The highest BCUT2D eigenvalue weighted by molar-refractivity contribution is 6.34. The lowest BCUT2D eigenvalue weighted by Gasteiger charge is -2.25.